The maximum atomic E-state index is 13.6. The summed E-state index contributed by atoms with van der Waals surface area (Å²) in [5, 5.41) is 6.68. The zero-order chi connectivity index (χ0) is 27.2. The molecular weight excluding hydrogens is 490 g/mol. The summed E-state index contributed by atoms with van der Waals surface area (Å²) in [6.45, 7) is 7.29. The van der Waals surface area contributed by atoms with Crippen LogP contribution in [0.3, 0.4) is 0 Å². The molecule has 194 valence electrons. The first-order valence-electron chi connectivity index (χ1n) is 13.5. The molecule has 0 aromatic heterocycles. The van der Waals surface area contributed by atoms with Crippen molar-refractivity contribution in [2.45, 2.75) is 20.3 Å². The number of hydrogen-bond donors (Lipinski definition) is 0. The molecule has 7 rings (SSSR count). The number of hydrogen-bond acceptors (Lipinski definition) is 5. The molecule has 0 saturated carbocycles. The number of carbonyl (C=O) groups excluding carboxylic acids is 4. The summed E-state index contributed by atoms with van der Waals surface area (Å²) in [6, 6.07) is 14.9. The van der Waals surface area contributed by atoms with E-state index in [1.807, 2.05) is 36.4 Å². The summed E-state index contributed by atoms with van der Waals surface area (Å²) >= 11 is 0. The van der Waals surface area contributed by atoms with Crippen LogP contribution in [0, 0.1) is 0 Å². The Bertz CT molecular complexity index is 1800. The van der Waals surface area contributed by atoms with Crippen molar-refractivity contribution < 1.29 is 19.2 Å². The van der Waals surface area contributed by atoms with E-state index in [1.54, 1.807) is 12.1 Å². The average Bonchev–Trinajstić information content (AvgIpc) is 2.96. The lowest BCUT2D eigenvalue weighted by atomic mass is 9.82. The minimum absolute atomic E-state index is 0.258. The number of amides is 4. The van der Waals surface area contributed by atoms with Crippen molar-refractivity contribution in [2.75, 3.05) is 33.2 Å². The van der Waals surface area contributed by atoms with Crippen LogP contribution >= 0.6 is 0 Å². The van der Waals surface area contributed by atoms with Gasteiger partial charge in [0.2, 0.25) is 0 Å². The number of fused-ring (bicyclic) bond motifs is 2. The normalized spacial score (nSPS) is 15.4. The van der Waals surface area contributed by atoms with Gasteiger partial charge < -0.3 is 4.90 Å². The number of carbonyl (C=O) groups is 4. The molecule has 0 fully saturated rings. The van der Waals surface area contributed by atoms with Crippen molar-refractivity contribution in [3.63, 3.8) is 0 Å². The maximum absolute atomic E-state index is 13.6. The van der Waals surface area contributed by atoms with Gasteiger partial charge in [-0.3, -0.25) is 29.0 Å². The van der Waals surface area contributed by atoms with Crippen LogP contribution in [0.2, 0.25) is 0 Å². The summed E-state index contributed by atoms with van der Waals surface area (Å²) in [6.07, 6.45) is 0.723. The van der Waals surface area contributed by atoms with Crippen LogP contribution in [-0.4, -0.2) is 71.6 Å². The molecule has 39 heavy (non-hydrogen) atoms. The van der Waals surface area contributed by atoms with E-state index in [1.165, 1.54) is 11.9 Å². The van der Waals surface area contributed by atoms with Gasteiger partial charge in [-0.05, 0) is 82.6 Å². The molecule has 5 aromatic carbocycles. The molecule has 7 heteroatoms. The van der Waals surface area contributed by atoms with E-state index < -0.39 is 0 Å². The molecule has 0 N–H and O–H groups in total. The predicted octanol–water partition coefficient (Wildman–Crippen LogP) is 5.29. The molecule has 4 amide bonds. The van der Waals surface area contributed by atoms with Crippen molar-refractivity contribution in [3.8, 4) is 0 Å². The Hall–Kier alpha value is -4.36. The summed E-state index contributed by atoms with van der Waals surface area (Å²) in [7, 11) is 1.51. The first-order chi connectivity index (χ1) is 18.9. The molecule has 0 radical (unpaired) electrons. The van der Waals surface area contributed by atoms with E-state index in [0.717, 1.165) is 63.3 Å². The Balaban J connectivity index is 1.45. The summed E-state index contributed by atoms with van der Waals surface area (Å²) in [4.78, 5) is 58.1. The molecule has 0 bridgehead atoms. The fraction of sp³-hybridized carbons (Fsp3) is 0.250. The molecule has 0 spiro atoms. The molecule has 2 aliphatic rings. The molecule has 0 unspecified atom stereocenters. The second-order valence-corrected chi connectivity index (χ2v) is 10.5. The third-order valence-electron chi connectivity index (χ3n) is 8.67. The zero-order valence-corrected chi connectivity index (χ0v) is 22.1. The van der Waals surface area contributed by atoms with Gasteiger partial charge in [0.15, 0.2) is 0 Å². The lowest BCUT2D eigenvalue weighted by Gasteiger charge is -2.30. The summed E-state index contributed by atoms with van der Waals surface area (Å²) < 4.78 is 0. The molecular formula is C32H27N3O4. The molecule has 0 atom stereocenters. The van der Waals surface area contributed by atoms with Gasteiger partial charge in [0.25, 0.3) is 23.6 Å². The van der Waals surface area contributed by atoms with Crippen LogP contribution in [0.4, 0.5) is 0 Å². The van der Waals surface area contributed by atoms with Crippen molar-refractivity contribution >= 4 is 66.7 Å². The fourth-order valence-electron chi connectivity index (χ4n) is 6.63. The van der Waals surface area contributed by atoms with Gasteiger partial charge in [0.05, 0.1) is 0 Å². The van der Waals surface area contributed by atoms with E-state index in [2.05, 4.69) is 18.7 Å². The van der Waals surface area contributed by atoms with E-state index in [-0.39, 0.29) is 23.6 Å². The fourth-order valence-corrected chi connectivity index (χ4v) is 6.63. The van der Waals surface area contributed by atoms with E-state index >= 15 is 0 Å². The van der Waals surface area contributed by atoms with Gasteiger partial charge in [-0.15, -0.1) is 0 Å². The van der Waals surface area contributed by atoms with Crippen molar-refractivity contribution in [3.05, 3.63) is 70.8 Å². The number of rotatable bonds is 6. The SMILES string of the molecule is CCN(CC)CCCN1C(=O)c2ccc3c4ccc5c6c(ccc(c7ccc(c2c37)C1=O)c64)C(=O)N(C)C5=O. The van der Waals surface area contributed by atoms with Crippen LogP contribution in [0.1, 0.15) is 61.7 Å². The first-order valence-corrected chi connectivity index (χ1v) is 13.5. The van der Waals surface area contributed by atoms with E-state index in [9.17, 15) is 19.2 Å². The van der Waals surface area contributed by atoms with Crippen LogP contribution in [0.5, 0.6) is 0 Å². The standard InChI is InChI=1S/C32H27N3O4/c1-4-34(5-2)15-6-16-35-31(38)23-13-9-19-17-7-11-21-27-22(30(37)33(3)29(21)36)12-8-18(25(17)27)20-10-14-24(32(35)39)28(23)26(19)20/h7-14H,4-6,15-16H2,1-3H3. The minimum Gasteiger partial charge on any atom is -0.304 e. The monoisotopic (exact) mass is 517 g/mol. The second kappa shape index (κ2) is 8.32. The van der Waals surface area contributed by atoms with Gasteiger partial charge >= 0.3 is 0 Å². The Labute approximate surface area is 224 Å². The smallest absolute Gasteiger partial charge is 0.261 e. The Morgan fingerprint density at radius 1 is 0.564 bits per heavy atom. The lowest BCUT2D eigenvalue weighted by Crippen LogP contribution is -2.41. The molecule has 0 saturated heterocycles. The Morgan fingerprint density at radius 2 is 0.949 bits per heavy atom. The molecule has 0 aliphatic carbocycles. The Kier molecular flexibility index (Phi) is 5.06. The Morgan fingerprint density at radius 3 is 1.33 bits per heavy atom. The maximum Gasteiger partial charge on any atom is 0.261 e. The van der Waals surface area contributed by atoms with Crippen molar-refractivity contribution in [1.29, 1.82) is 0 Å². The highest BCUT2D eigenvalue weighted by Crippen LogP contribution is 2.46. The van der Waals surface area contributed by atoms with Crippen LogP contribution in [-0.2, 0) is 0 Å². The van der Waals surface area contributed by atoms with Crippen LogP contribution in [0.25, 0.3) is 43.1 Å². The summed E-state index contributed by atoms with van der Waals surface area (Å²) in [5.74, 6) is -1.15. The van der Waals surface area contributed by atoms with Gasteiger partial charge in [-0.25, -0.2) is 0 Å². The van der Waals surface area contributed by atoms with E-state index in [4.69, 9.17) is 0 Å². The second-order valence-electron chi connectivity index (χ2n) is 10.5. The number of nitrogens with zero attached hydrogens (tertiary/aromatic N) is 3. The van der Waals surface area contributed by atoms with Gasteiger partial charge in [0.1, 0.15) is 0 Å². The van der Waals surface area contributed by atoms with Crippen LogP contribution in [0.15, 0.2) is 48.5 Å². The zero-order valence-electron chi connectivity index (χ0n) is 22.1. The largest absolute Gasteiger partial charge is 0.304 e. The molecule has 7 nitrogen and oxygen atoms in total. The van der Waals surface area contributed by atoms with Gasteiger partial charge in [0, 0.05) is 46.6 Å². The third kappa shape index (κ3) is 3.02. The first kappa shape index (κ1) is 23.7. The third-order valence-corrected chi connectivity index (χ3v) is 8.67. The molecule has 2 heterocycles. The number of imide groups is 2. The van der Waals surface area contributed by atoms with E-state index in [0.29, 0.717) is 39.6 Å². The number of benzene rings is 5. The quantitative estimate of drug-likeness (QED) is 0.174. The van der Waals surface area contributed by atoms with Crippen LogP contribution < -0.4 is 0 Å². The highest BCUT2D eigenvalue weighted by Gasteiger charge is 2.35. The lowest BCUT2D eigenvalue weighted by molar-refractivity contribution is 0.0599. The molecule has 5 aromatic rings. The highest BCUT2D eigenvalue weighted by atomic mass is 16.2. The topological polar surface area (TPSA) is 78.0 Å². The average molecular weight is 518 g/mol. The van der Waals surface area contributed by atoms with Crippen molar-refractivity contribution in [1.82, 2.24) is 14.7 Å². The minimum atomic E-state index is -0.315. The van der Waals surface area contributed by atoms with Crippen molar-refractivity contribution in [2.24, 2.45) is 0 Å². The summed E-state index contributed by atoms with van der Waals surface area (Å²) in [5.41, 5.74) is 2.09. The van der Waals surface area contributed by atoms with Gasteiger partial charge in [-0.2, -0.15) is 0 Å². The molecule has 2 aliphatic heterocycles. The highest BCUT2D eigenvalue weighted by molar-refractivity contribution is 6.41. The van der Waals surface area contributed by atoms with Gasteiger partial charge in [-0.1, -0.05) is 38.1 Å². The predicted molar refractivity (Wildman–Crippen MR) is 152 cm³/mol.